The normalized spacial score (nSPS) is 16.9. The lowest BCUT2D eigenvalue weighted by Gasteiger charge is -2.20. The highest BCUT2D eigenvalue weighted by molar-refractivity contribution is 5.72. The molecule has 0 bridgehead atoms. The second-order valence-corrected chi connectivity index (χ2v) is 3.62. The van der Waals surface area contributed by atoms with E-state index in [4.69, 9.17) is 15.2 Å². The summed E-state index contributed by atoms with van der Waals surface area (Å²) in [6.45, 7) is 0.535. The van der Waals surface area contributed by atoms with E-state index in [0.29, 0.717) is 6.61 Å². The molecule has 0 aromatic heterocycles. The fourth-order valence-electron chi connectivity index (χ4n) is 1.85. The van der Waals surface area contributed by atoms with E-state index in [1.807, 2.05) is 24.3 Å². The van der Waals surface area contributed by atoms with Crippen LogP contribution in [-0.4, -0.2) is 6.61 Å². The van der Waals surface area contributed by atoms with Crippen LogP contribution in [0.1, 0.15) is 11.1 Å². The zero-order valence-corrected chi connectivity index (χ0v) is 8.19. The van der Waals surface area contributed by atoms with Crippen LogP contribution in [0.4, 0.5) is 0 Å². The van der Waals surface area contributed by atoms with E-state index in [-0.39, 0.29) is 0 Å². The third-order valence-corrected chi connectivity index (χ3v) is 2.64. The largest absolute Gasteiger partial charge is 0.489 e. The molecular formula is C12H11NO2. The summed E-state index contributed by atoms with van der Waals surface area (Å²) in [5.74, 6) is 1.68. The molecule has 1 aromatic rings. The minimum atomic E-state index is 0.535. The fourth-order valence-corrected chi connectivity index (χ4v) is 1.85. The number of allylic oxidation sites excluding steroid dienone is 1. The van der Waals surface area contributed by atoms with Crippen LogP contribution in [0.25, 0.3) is 5.70 Å². The predicted octanol–water partition coefficient (Wildman–Crippen LogP) is 1.83. The van der Waals surface area contributed by atoms with Crippen LogP contribution in [0.15, 0.2) is 30.5 Å². The first-order valence-corrected chi connectivity index (χ1v) is 4.92. The number of nitrogens with two attached hydrogens (primary N) is 1. The Kier molecular flexibility index (Phi) is 1.71. The van der Waals surface area contributed by atoms with Crippen molar-refractivity contribution in [1.29, 1.82) is 0 Å². The summed E-state index contributed by atoms with van der Waals surface area (Å²) < 4.78 is 10.9. The van der Waals surface area contributed by atoms with Crippen LogP contribution in [0.5, 0.6) is 11.5 Å². The number of benzene rings is 1. The van der Waals surface area contributed by atoms with Crippen molar-refractivity contribution in [2.45, 2.75) is 6.42 Å². The van der Waals surface area contributed by atoms with Crippen molar-refractivity contribution >= 4 is 5.70 Å². The molecule has 3 rings (SSSR count). The minimum absolute atomic E-state index is 0.535. The zero-order valence-electron chi connectivity index (χ0n) is 8.19. The summed E-state index contributed by atoms with van der Waals surface area (Å²) in [6, 6.07) is 3.95. The molecule has 0 radical (unpaired) electrons. The molecule has 15 heavy (non-hydrogen) atoms. The topological polar surface area (TPSA) is 44.5 Å². The maximum Gasteiger partial charge on any atom is 0.133 e. The van der Waals surface area contributed by atoms with Crippen molar-refractivity contribution in [1.82, 2.24) is 0 Å². The Balaban J connectivity index is 2.16. The Morgan fingerprint density at radius 1 is 1.20 bits per heavy atom. The molecule has 2 heterocycles. The van der Waals surface area contributed by atoms with Gasteiger partial charge in [0.1, 0.15) is 18.1 Å². The first-order chi connectivity index (χ1) is 7.34. The molecule has 0 atom stereocenters. The van der Waals surface area contributed by atoms with Crippen LogP contribution >= 0.6 is 0 Å². The van der Waals surface area contributed by atoms with Gasteiger partial charge in [-0.2, -0.15) is 0 Å². The average molecular weight is 201 g/mol. The molecule has 0 unspecified atom stereocenters. The lowest BCUT2D eigenvalue weighted by molar-refractivity contribution is 0.353. The number of fused-ring (bicyclic) bond motifs is 2. The number of hydrogen-bond acceptors (Lipinski definition) is 3. The molecule has 0 amide bonds. The highest BCUT2D eigenvalue weighted by Gasteiger charge is 2.16. The lowest BCUT2D eigenvalue weighted by Crippen LogP contribution is -2.11. The Labute approximate surface area is 87.8 Å². The first kappa shape index (κ1) is 8.41. The van der Waals surface area contributed by atoms with E-state index in [0.717, 1.165) is 34.7 Å². The van der Waals surface area contributed by atoms with E-state index in [1.54, 1.807) is 6.26 Å². The number of hydrogen-bond donors (Lipinski definition) is 1. The molecule has 0 saturated carbocycles. The highest BCUT2D eigenvalue weighted by atomic mass is 16.5. The van der Waals surface area contributed by atoms with Gasteiger partial charge in [0.25, 0.3) is 0 Å². The van der Waals surface area contributed by atoms with Crippen LogP contribution in [0.3, 0.4) is 0 Å². The Morgan fingerprint density at radius 3 is 3.07 bits per heavy atom. The van der Waals surface area contributed by atoms with Gasteiger partial charge in [-0.25, -0.2) is 0 Å². The summed E-state index contributed by atoms with van der Waals surface area (Å²) in [5.41, 5.74) is 8.81. The van der Waals surface area contributed by atoms with E-state index < -0.39 is 0 Å². The van der Waals surface area contributed by atoms with Gasteiger partial charge in [0.2, 0.25) is 0 Å². The summed E-state index contributed by atoms with van der Waals surface area (Å²) in [4.78, 5) is 0. The van der Waals surface area contributed by atoms with Crippen molar-refractivity contribution in [2.75, 3.05) is 6.61 Å². The molecule has 0 fully saturated rings. The summed E-state index contributed by atoms with van der Waals surface area (Å²) in [7, 11) is 0. The predicted molar refractivity (Wildman–Crippen MR) is 57.6 cm³/mol. The molecule has 0 saturated heterocycles. The molecule has 2 aliphatic rings. The summed E-state index contributed by atoms with van der Waals surface area (Å²) in [6.07, 6.45) is 6.46. The molecule has 3 heteroatoms. The quantitative estimate of drug-likeness (QED) is 0.696. The van der Waals surface area contributed by atoms with Crippen molar-refractivity contribution < 1.29 is 9.47 Å². The Morgan fingerprint density at radius 2 is 2.13 bits per heavy atom. The van der Waals surface area contributed by atoms with Gasteiger partial charge in [0.05, 0.1) is 6.26 Å². The van der Waals surface area contributed by atoms with Gasteiger partial charge >= 0.3 is 0 Å². The second-order valence-electron chi connectivity index (χ2n) is 3.62. The van der Waals surface area contributed by atoms with E-state index in [9.17, 15) is 0 Å². The van der Waals surface area contributed by atoms with Gasteiger partial charge in [-0.15, -0.1) is 0 Å². The second kappa shape index (κ2) is 3.05. The van der Waals surface area contributed by atoms with Gasteiger partial charge in [0, 0.05) is 17.3 Å². The van der Waals surface area contributed by atoms with E-state index in [1.165, 1.54) is 0 Å². The van der Waals surface area contributed by atoms with Crippen LogP contribution in [0, 0.1) is 0 Å². The molecule has 1 aromatic carbocycles. The number of ether oxygens (including phenoxy) is 2. The minimum Gasteiger partial charge on any atom is -0.489 e. The Bertz CT molecular complexity index is 475. The average Bonchev–Trinajstić information content (AvgIpc) is 2.27. The van der Waals surface area contributed by atoms with Crippen molar-refractivity contribution in [3.05, 3.63) is 41.7 Å². The zero-order chi connectivity index (χ0) is 10.3. The molecular weight excluding hydrogens is 190 g/mol. The van der Waals surface area contributed by atoms with Crippen LogP contribution < -0.4 is 15.2 Å². The fraction of sp³-hybridized carbons (Fsp3) is 0.167. The third kappa shape index (κ3) is 1.28. The first-order valence-electron chi connectivity index (χ1n) is 4.92. The van der Waals surface area contributed by atoms with Gasteiger partial charge in [-0.3, -0.25) is 0 Å². The van der Waals surface area contributed by atoms with Crippen molar-refractivity contribution in [2.24, 2.45) is 5.73 Å². The maximum absolute atomic E-state index is 5.90. The number of rotatable bonds is 0. The third-order valence-electron chi connectivity index (χ3n) is 2.64. The summed E-state index contributed by atoms with van der Waals surface area (Å²) >= 11 is 0. The molecule has 0 aliphatic carbocycles. The van der Waals surface area contributed by atoms with Crippen molar-refractivity contribution in [3.63, 3.8) is 0 Å². The van der Waals surface area contributed by atoms with Gasteiger partial charge in [-0.05, 0) is 30.2 Å². The van der Waals surface area contributed by atoms with Crippen LogP contribution in [-0.2, 0) is 6.42 Å². The summed E-state index contributed by atoms with van der Waals surface area (Å²) in [5, 5.41) is 0. The molecule has 0 spiro atoms. The molecule has 2 aliphatic heterocycles. The molecule has 3 nitrogen and oxygen atoms in total. The van der Waals surface area contributed by atoms with Crippen molar-refractivity contribution in [3.8, 4) is 11.5 Å². The highest BCUT2D eigenvalue weighted by Crippen LogP contribution is 2.35. The Hall–Kier alpha value is -1.90. The molecule has 2 N–H and O–H groups in total. The maximum atomic E-state index is 5.90. The van der Waals surface area contributed by atoms with E-state index in [2.05, 4.69) is 0 Å². The van der Waals surface area contributed by atoms with Gasteiger partial charge in [0.15, 0.2) is 0 Å². The smallest absolute Gasteiger partial charge is 0.133 e. The lowest BCUT2D eigenvalue weighted by atomic mass is 10.0. The monoisotopic (exact) mass is 201 g/mol. The van der Waals surface area contributed by atoms with Gasteiger partial charge < -0.3 is 15.2 Å². The molecule has 76 valence electrons. The van der Waals surface area contributed by atoms with E-state index >= 15 is 0 Å². The SMILES string of the molecule is NC1=CCOc2cc3c(cc21)CC=CO3. The van der Waals surface area contributed by atoms with Crippen LogP contribution in [0.2, 0.25) is 0 Å². The standard InChI is InChI=1S/C12H11NO2/c13-10-3-5-15-12-7-11-8(6-9(10)12)2-1-4-14-11/h1,3-4,6-7H,2,5,13H2. The van der Waals surface area contributed by atoms with Gasteiger partial charge in [-0.1, -0.05) is 0 Å².